The van der Waals surface area contributed by atoms with Crippen LogP contribution in [-0.4, -0.2) is 17.4 Å². The van der Waals surface area contributed by atoms with E-state index in [4.69, 9.17) is 5.11 Å². The highest BCUT2D eigenvalue weighted by Gasteiger charge is 2.05. The Kier molecular flexibility index (Phi) is 3.39. The van der Waals surface area contributed by atoms with Crippen LogP contribution in [-0.2, 0) is 9.59 Å². The van der Waals surface area contributed by atoms with E-state index in [2.05, 4.69) is 0 Å². The number of carboxylic acid groups (broad SMARTS) is 1. The number of carbonyl (C=O) groups excluding carboxylic acids is 1. The Morgan fingerprint density at radius 1 is 1.60 bits per heavy atom. The van der Waals surface area contributed by atoms with Crippen molar-refractivity contribution in [2.24, 2.45) is 0 Å². The quantitative estimate of drug-likeness (QED) is 0.472. The van der Waals surface area contributed by atoms with Crippen LogP contribution in [0.3, 0.4) is 0 Å². The summed E-state index contributed by atoms with van der Waals surface area (Å²) < 4.78 is 0. The van der Waals surface area contributed by atoms with E-state index in [0.717, 1.165) is 0 Å². The summed E-state index contributed by atoms with van der Waals surface area (Å²) in [6.45, 7) is 3.17. The van der Waals surface area contributed by atoms with Gasteiger partial charge in [0.15, 0.2) is 0 Å². The number of rotatable bonds is 3. The summed E-state index contributed by atoms with van der Waals surface area (Å²) in [5.74, 6) is -1.02. The van der Waals surface area contributed by atoms with E-state index >= 15 is 0 Å². The maximum Gasteiger partial charge on any atom is 0.331 e. The van der Waals surface area contributed by atoms with Crippen molar-refractivity contribution < 1.29 is 14.7 Å². The van der Waals surface area contributed by atoms with Crippen molar-refractivity contribution in [1.82, 2.24) is 0 Å². The summed E-state index contributed by atoms with van der Waals surface area (Å²) in [5, 5.41) is 8.40. The van der Waals surface area contributed by atoms with E-state index in [0.29, 0.717) is 18.3 Å². The molecule has 56 valence electrons. The molecular formula is C7H10O3. The maximum absolute atomic E-state index is 10.2. The second kappa shape index (κ2) is 3.82. The Balaban J connectivity index is 4.59. The first-order chi connectivity index (χ1) is 4.63. The van der Waals surface area contributed by atoms with Crippen LogP contribution in [0.4, 0.5) is 0 Å². The molecule has 0 aliphatic heterocycles. The lowest BCUT2D eigenvalue weighted by molar-refractivity contribution is -0.132. The van der Waals surface area contributed by atoms with Crippen molar-refractivity contribution in [3.8, 4) is 0 Å². The normalized spacial score (nSPS) is 12.2. The molecule has 0 aromatic heterocycles. The summed E-state index contributed by atoms with van der Waals surface area (Å²) in [4.78, 5) is 20.4. The molecule has 0 unspecified atom stereocenters. The molecule has 0 aliphatic carbocycles. The SMILES string of the molecule is CC/C(C=O)=C(/C)C(=O)O. The first-order valence-electron chi connectivity index (χ1n) is 3.01. The van der Waals surface area contributed by atoms with Crippen LogP contribution in [0.15, 0.2) is 11.1 Å². The van der Waals surface area contributed by atoms with Crippen molar-refractivity contribution in [3.05, 3.63) is 11.1 Å². The van der Waals surface area contributed by atoms with Crippen molar-refractivity contribution in [2.75, 3.05) is 0 Å². The molecule has 0 spiro atoms. The van der Waals surface area contributed by atoms with Gasteiger partial charge in [0.2, 0.25) is 0 Å². The van der Waals surface area contributed by atoms with E-state index in [1.807, 2.05) is 0 Å². The second-order valence-electron chi connectivity index (χ2n) is 1.93. The summed E-state index contributed by atoms with van der Waals surface area (Å²) in [6, 6.07) is 0. The van der Waals surface area contributed by atoms with Crippen LogP contribution >= 0.6 is 0 Å². The number of aliphatic carboxylic acids is 1. The molecular weight excluding hydrogens is 132 g/mol. The average molecular weight is 142 g/mol. The van der Waals surface area contributed by atoms with E-state index in [-0.39, 0.29) is 5.57 Å². The van der Waals surface area contributed by atoms with Crippen LogP contribution in [0.25, 0.3) is 0 Å². The minimum atomic E-state index is -1.02. The fourth-order valence-corrected chi connectivity index (χ4v) is 0.574. The van der Waals surface area contributed by atoms with Gasteiger partial charge in [0.05, 0.1) is 0 Å². The molecule has 0 saturated heterocycles. The minimum Gasteiger partial charge on any atom is -0.478 e. The lowest BCUT2D eigenvalue weighted by Crippen LogP contribution is -2.01. The third kappa shape index (κ3) is 2.01. The molecule has 0 saturated carbocycles. The molecule has 0 aliphatic rings. The lowest BCUT2D eigenvalue weighted by atomic mass is 10.1. The molecule has 3 heteroatoms. The number of allylic oxidation sites excluding steroid dienone is 1. The summed E-state index contributed by atoms with van der Waals surface area (Å²) in [7, 11) is 0. The first-order valence-corrected chi connectivity index (χ1v) is 3.01. The van der Waals surface area contributed by atoms with Gasteiger partial charge in [0, 0.05) is 11.1 Å². The zero-order chi connectivity index (χ0) is 8.15. The first kappa shape index (κ1) is 8.88. The molecule has 0 rings (SSSR count). The predicted molar refractivity (Wildman–Crippen MR) is 36.7 cm³/mol. The van der Waals surface area contributed by atoms with Crippen molar-refractivity contribution >= 4 is 12.3 Å². The Bertz CT molecular complexity index is 179. The Morgan fingerprint density at radius 3 is 2.20 bits per heavy atom. The molecule has 0 amide bonds. The Morgan fingerprint density at radius 2 is 2.10 bits per heavy atom. The van der Waals surface area contributed by atoms with Crippen molar-refractivity contribution in [1.29, 1.82) is 0 Å². The molecule has 1 N–H and O–H groups in total. The van der Waals surface area contributed by atoms with Crippen LogP contribution in [0.2, 0.25) is 0 Å². The average Bonchev–Trinajstić information content (AvgIpc) is 1.90. The van der Waals surface area contributed by atoms with Crippen LogP contribution in [0, 0.1) is 0 Å². The van der Waals surface area contributed by atoms with Gasteiger partial charge >= 0.3 is 5.97 Å². The smallest absolute Gasteiger partial charge is 0.331 e. The lowest BCUT2D eigenvalue weighted by Gasteiger charge is -1.96. The highest BCUT2D eigenvalue weighted by Crippen LogP contribution is 2.04. The largest absolute Gasteiger partial charge is 0.478 e. The van der Waals surface area contributed by atoms with Gasteiger partial charge in [-0.25, -0.2) is 4.79 Å². The molecule has 0 heterocycles. The topological polar surface area (TPSA) is 54.4 Å². The third-order valence-electron chi connectivity index (χ3n) is 1.33. The zero-order valence-electron chi connectivity index (χ0n) is 6.05. The number of hydrogen-bond donors (Lipinski definition) is 1. The van der Waals surface area contributed by atoms with E-state index < -0.39 is 5.97 Å². The molecule has 3 nitrogen and oxygen atoms in total. The summed E-state index contributed by atoms with van der Waals surface area (Å²) in [5.41, 5.74) is 0.491. The molecule has 10 heavy (non-hydrogen) atoms. The van der Waals surface area contributed by atoms with Gasteiger partial charge in [-0.2, -0.15) is 0 Å². The Labute approximate surface area is 59.4 Å². The van der Waals surface area contributed by atoms with Crippen LogP contribution in [0.5, 0.6) is 0 Å². The van der Waals surface area contributed by atoms with Gasteiger partial charge in [-0.05, 0) is 13.3 Å². The zero-order valence-corrected chi connectivity index (χ0v) is 6.05. The molecule has 0 aromatic rings. The van der Waals surface area contributed by atoms with E-state index in [9.17, 15) is 9.59 Å². The molecule has 0 atom stereocenters. The standard InChI is InChI=1S/C7H10O3/c1-3-6(4-8)5(2)7(9)10/h4H,3H2,1-2H3,(H,9,10)/b6-5+. The fraction of sp³-hybridized carbons (Fsp3) is 0.429. The fourth-order valence-electron chi connectivity index (χ4n) is 0.574. The van der Waals surface area contributed by atoms with Gasteiger partial charge in [-0.1, -0.05) is 6.92 Å². The third-order valence-corrected chi connectivity index (χ3v) is 1.33. The van der Waals surface area contributed by atoms with Crippen LogP contribution in [0.1, 0.15) is 20.3 Å². The molecule has 0 bridgehead atoms. The van der Waals surface area contributed by atoms with Crippen molar-refractivity contribution in [2.45, 2.75) is 20.3 Å². The van der Waals surface area contributed by atoms with Gasteiger partial charge in [0.1, 0.15) is 6.29 Å². The van der Waals surface area contributed by atoms with E-state index in [1.54, 1.807) is 6.92 Å². The number of carboxylic acids is 1. The maximum atomic E-state index is 10.2. The highest BCUT2D eigenvalue weighted by molar-refractivity contribution is 5.93. The van der Waals surface area contributed by atoms with Crippen LogP contribution < -0.4 is 0 Å². The van der Waals surface area contributed by atoms with Gasteiger partial charge in [-0.15, -0.1) is 0 Å². The number of hydrogen-bond acceptors (Lipinski definition) is 2. The highest BCUT2D eigenvalue weighted by atomic mass is 16.4. The Hall–Kier alpha value is -1.12. The van der Waals surface area contributed by atoms with Gasteiger partial charge < -0.3 is 5.11 Å². The summed E-state index contributed by atoms with van der Waals surface area (Å²) in [6.07, 6.45) is 1.06. The van der Waals surface area contributed by atoms with Gasteiger partial charge in [0.25, 0.3) is 0 Å². The minimum absolute atomic E-state index is 0.137. The number of carbonyl (C=O) groups is 2. The van der Waals surface area contributed by atoms with Crippen molar-refractivity contribution in [3.63, 3.8) is 0 Å². The second-order valence-corrected chi connectivity index (χ2v) is 1.93. The summed E-state index contributed by atoms with van der Waals surface area (Å²) >= 11 is 0. The van der Waals surface area contributed by atoms with E-state index in [1.165, 1.54) is 6.92 Å². The van der Waals surface area contributed by atoms with Gasteiger partial charge in [-0.3, -0.25) is 4.79 Å². The number of aldehydes is 1. The monoisotopic (exact) mass is 142 g/mol. The predicted octanol–water partition coefficient (Wildman–Crippen LogP) is 0.996. The molecule has 0 radical (unpaired) electrons. The molecule has 0 fully saturated rings. The molecule has 0 aromatic carbocycles.